The third-order valence-electron chi connectivity index (χ3n) is 5.91. The van der Waals surface area contributed by atoms with Crippen molar-refractivity contribution >= 4 is 32.3 Å². The van der Waals surface area contributed by atoms with E-state index in [2.05, 4.69) is 121 Å². The van der Waals surface area contributed by atoms with E-state index in [1.807, 2.05) is 0 Å². The first-order chi connectivity index (χ1) is 14.9. The second-order valence-corrected chi connectivity index (χ2v) is 7.73. The van der Waals surface area contributed by atoms with Gasteiger partial charge < -0.3 is 0 Å². The molecule has 6 rings (SSSR count). The monoisotopic (exact) mass is 379 g/mol. The van der Waals surface area contributed by atoms with Crippen molar-refractivity contribution in [3.05, 3.63) is 121 Å². The zero-order valence-corrected chi connectivity index (χ0v) is 16.5. The van der Waals surface area contributed by atoms with Gasteiger partial charge in [0.2, 0.25) is 0 Å². The number of hydrogen-bond donors (Lipinski definition) is 0. The number of hydrogen-bond acceptors (Lipinski definition) is 0. The van der Waals surface area contributed by atoms with Crippen molar-refractivity contribution in [3.8, 4) is 22.3 Å². The molecule has 0 aliphatic heterocycles. The van der Waals surface area contributed by atoms with Crippen LogP contribution in [0, 0.1) is 6.07 Å². The molecule has 139 valence electrons. The molecule has 0 heteroatoms. The van der Waals surface area contributed by atoms with E-state index in [9.17, 15) is 0 Å². The molecule has 0 aliphatic rings. The van der Waals surface area contributed by atoms with Gasteiger partial charge in [-0.1, -0.05) is 103 Å². The summed E-state index contributed by atoms with van der Waals surface area (Å²) in [5.41, 5.74) is 4.82. The number of fused-ring (bicyclic) bond motifs is 3. The van der Waals surface area contributed by atoms with Gasteiger partial charge in [0.25, 0.3) is 0 Å². The Bertz CT molecular complexity index is 1530. The molecule has 0 nitrogen and oxygen atoms in total. The van der Waals surface area contributed by atoms with Crippen LogP contribution in [0.15, 0.2) is 115 Å². The lowest BCUT2D eigenvalue weighted by Crippen LogP contribution is -1.89. The predicted octanol–water partition coefficient (Wildman–Crippen LogP) is 8.28. The molecular weight excluding hydrogens is 360 g/mol. The van der Waals surface area contributed by atoms with E-state index in [0.717, 1.165) is 10.9 Å². The van der Waals surface area contributed by atoms with Gasteiger partial charge in [-0.05, 0) is 72.8 Å². The van der Waals surface area contributed by atoms with E-state index in [-0.39, 0.29) is 0 Å². The van der Waals surface area contributed by atoms with Crippen LogP contribution in [0.25, 0.3) is 54.6 Å². The molecule has 0 spiro atoms. The van der Waals surface area contributed by atoms with Crippen LogP contribution in [0.4, 0.5) is 0 Å². The number of benzene rings is 6. The van der Waals surface area contributed by atoms with E-state index in [0.29, 0.717) is 0 Å². The molecule has 0 saturated heterocycles. The molecule has 0 unspecified atom stereocenters. The van der Waals surface area contributed by atoms with E-state index < -0.39 is 0 Å². The summed E-state index contributed by atoms with van der Waals surface area (Å²) in [4.78, 5) is 0. The zero-order chi connectivity index (χ0) is 19.9. The van der Waals surface area contributed by atoms with Crippen LogP contribution in [0.3, 0.4) is 0 Å². The summed E-state index contributed by atoms with van der Waals surface area (Å²) in [5.74, 6) is 0. The Balaban J connectivity index is 1.70. The van der Waals surface area contributed by atoms with E-state index in [4.69, 9.17) is 0 Å². The van der Waals surface area contributed by atoms with Gasteiger partial charge in [-0.25, -0.2) is 0 Å². The first-order valence-electron chi connectivity index (χ1n) is 10.3. The Morgan fingerprint density at radius 3 is 2.03 bits per heavy atom. The van der Waals surface area contributed by atoms with E-state index in [1.165, 1.54) is 43.6 Å². The Kier molecular flexibility index (Phi) is 3.89. The fourth-order valence-corrected chi connectivity index (χ4v) is 4.41. The maximum Gasteiger partial charge on any atom is -0.000785 e. The highest BCUT2D eigenvalue weighted by Crippen LogP contribution is 2.39. The summed E-state index contributed by atoms with van der Waals surface area (Å²) in [6, 6.07) is 45.0. The van der Waals surface area contributed by atoms with Gasteiger partial charge in [0.05, 0.1) is 0 Å². The van der Waals surface area contributed by atoms with Crippen molar-refractivity contribution in [2.24, 2.45) is 0 Å². The zero-order valence-electron chi connectivity index (χ0n) is 16.5. The Morgan fingerprint density at radius 1 is 0.433 bits per heavy atom. The van der Waals surface area contributed by atoms with Crippen molar-refractivity contribution in [1.82, 2.24) is 0 Å². The summed E-state index contributed by atoms with van der Waals surface area (Å²) in [5, 5.41) is 7.39. The first-order valence-corrected chi connectivity index (χ1v) is 10.3. The summed E-state index contributed by atoms with van der Waals surface area (Å²) in [6.45, 7) is 0. The molecule has 0 aromatic heterocycles. The lowest BCUT2D eigenvalue weighted by molar-refractivity contribution is 1.63. The summed E-state index contributed by atoms with van der Waals surface area (Å²) in [7, 11) is 0. The van der Waals surface area contributed by atoms with Gasteiger partial charge >= 0.3 is 0 Å². The SMILES string of the molecule is [c]1c(-c2ccc3ccccc3c2)c(-c2cccc3ccccc23)cc2ccccc12. The van der Waals surface area contributed by atoms with Gasteiger partial charge in [0, 0.05) is 0 Å². The van der Waals surface area contributed by atoms with Crippen LogP contribution in [0.1, 0.15) is 0 Å². The maximum atomic E-state index is 3.74. The van der Waals surface area contributed by atoms with Gasteiger partial charge in [0.15, 0.2) is 0 Å². The van der Waals surface area contributed by atoms with Gasteiger partial charge in [-0.2, -0.15) is 0 Å². The van der Waals surface area contributed by atoms with Crippen LogP contribution >= 0.6 is 0 Å². The third-order valence-corrected chi connectivity index (χ3v) is 5.91. The molecule has 0 N–H and O–H groups in total. The molecular formula is C30H19. The Hall–Kier alpha value is -3.90. The fraction of sp³-hybridized carbons (Fsp3) is 0. The van der Waals surface area contributed by atoms with Crippen molar-refractivity contribution in [2.75, 3.05) is 0 Å². The van der Waals surface area contributed by atoms with Gasteiger partial charge in [-0.3, -0.25) is 0 Å². The molecule has 6 aromatic rings. The molecule has 0 aliphatic carbocycles. The van der Waals surface area contributed by atoms with E-state index in [1.54, 1.807) is 0 Å². The van der Waals surface area contributed by atoms with Crippen LogP contribution in [-0.2, 0) is 0 Å². The van der Waals surface area contributed by atoms with Crippen molar-refractivity contribution in [1.29, 1.82) is 0 Å². The molecule has 30 heavy (non-hydrogen) atoms. The fourth-order valence-electron chi connectivity index (χ4n) is 4.41. The van der Waals surface area contributed by atoms with Crippen LogP contribution in [0.5, 0.6) is 0 Å². The topological polar surface area (TPSA) is 0 Å². The van der Waals surface area contributed by atoms with Crippen molar-refractivity contribution in [3.63, 3.8) is 0 Å². The minimum Gasteiger partial charge on any atom is -0.0616 e. The molecule has 0 amide bonds. The molecule has 0 bridgehead atoms. The summed E-state index contributed by atoms with van der Waals surface area (Å²) >= 11 is 0. The second-order valence-electron chi connectivity index (χ2n) is 7.73. The highest BCUT2D eigenvalue weighted by Gasteiger charge is 2.13. The van der Waals surface area contributed by atoms with Gasteiger partial charge in [-0.15, -0.1) is 0 Å². The minimum atomic E-state index is 1.14. The number of rotatable bonds is 2. The average Bonchev–Trinajstić information content (AvgIpc) is 2.82. The summed E-state index contributed by atoms with van der Waals surface area (Å²) < 4.78 is 0. The highest BCUT2D eigenvalue weighted by atomic mass is 14.2. The first kappa shape index (κ1) is 17.0. The van der Waals surface area contributed by atoms with Crippen LogP contribution in [0.2, 0.25) is 0 Å². The van der Waals surface area contributed by atoms with Crippen LogP contribution < -0.4 is 0 Å². The Morgan fingerprint density at radius 2 is 1.13 bits per heavy atom. The Labute approximate surface area is 176 Å². The molecule has 6 aromatic carbocycles. The smallest absolute Gasteiger partial charge is 0.000785 e. The average molecular weight is 379 g/mol. The lowest BCUT2D eigenvalue weighted by atomic mass is 9.88. The van der Waals surface area contributed by atoms with Crippen molar-refractivity contribution < 1.29 is 0 Å². The third kappa shape index (κ3) is 2.77. The second kappa shape index (κ2) is 6.86. The molecule has 0 fully saturated rings. The predicted molar refractivity (Wildman–Crippen MR) is 129 cm³/mol. The quantitative estimate of drug-likeness (QED) is 0.284. The molecule has 0 saturated carbocycles. The minimum absolute atomic E-state index is 1.14. The molecule has 0 atom stereocenters. The van der Waals surface area contributed by atoms with Crippen molar-refractivity contribution in [2.45, 2.75) is 0 Å². The normalized spacial score (nSPS) is 11.3. The standard InChI is InChI=1S/C30H19/c1-2-10-23-18-26(17-16-21(23)8-1)29-19-24-11-3-4-12-25(24)20-30(29)28-15-7-13-22-9-5-6-14-27(22)28/h1-18,20H. The van der Waals surface area contributed by atoms with E-state index >= 15 is 0 Å². The highest BCUT2D eigenvalue weighted by molar-refractivity contribution is 6.04. The summed E-state index contributed by atoms with van der Waals surface area (Å²) in [6.07, 6.45) is 0. The maximum absolute atomic E-state index is 3.74. The lowest BCUT2D eigenvalue weighted by Gasteiger charge is -2.15. The largest absolute Gasteiger partial charge is 0.0616 e. The van der Waals surface area contributed by atoms with Gasteiger partial charge in [0.1, 0.15) is 0 Å². The molecule has 1 radical (unpaired) electrons. The van der Waals surface area contributed by atoms with Crippen LogP contribution in [-0.4, -0.2) is 0 Å². The molecule has 0 heterocycles.